The van der Waals surface area contributed by atoms with Crippen LogP contribution in [0.5, 0.6) is 0 Å². The second-order valence-electron chi connectivity index (χ2n) is 2.68. The standard InChI is InChI=1S/C8H9NO2/c1-5(10)8-4-6-7(11-8)2-3-9-6/h4,9H,2-3H2,1H3. The fourth-order valence-corrected chi connectivity index (χ4v) is 1.25. The van der Waals surface area contributed by atoms with Crippen LogP contribution in [0.2, 0.25) is 0 Å². The molecule has 2 heterocycles. The van der Waals surface area contributed by atoms with E-state index in [1.807, 2.05) is 0 Å². The molecule has 3 nitrogen and oxygen atoms in total. The van der Waals surface area contributed by atoms with Crippen molar-refractivity contribution in [3.63, 3.8) is 0 Å². The van der Waals surface area contributed by atoms with E-state index in [0.29, 0.717) is 5.76 Å². The van der Waals surface area contributed by atoms with Crippen LogP contribution in [-0.4, -0.2) is 12.3 Å². The number of rotatable bonds is 1. The highest BCUT2D eigenvalue weighted by molar-refractivity contribution is 5.92. The second kappa shape index (κ2) is 2.12. The normalized spacial score (nSPS) is 14.3. The predicted molar refractivity (Wildman–Crippen MR) is 40.9 cm³/mol. The molecule has 0 saturated heterocycles. The van der Waals surface area contributed by atoms with E-state index in [4.69, 9.17) is 4.42 Å². The van der Waals surface area contributed by atoms with Gasteiger partial charge in [-0.1, -0.05) is 0 Å². The van der Waals surface area contributed by atoms with Crippen molar-refractivity contribution in [3.8, 4) is 0 Å². The van der Waals surface area contributed by atoms with Gasteiger partial charge >= 0.3 is 0 Å². The number of nitrogens with one attached hydrogen (secondary N) is 1. The molecule has 0 fully saturated rings. The average Bonchev–Trinajstić information content (AvgIpc) is 2.40. The fourth-order valence-electron chi connectivity index (χ4n) is 1.25. The summed E-state index contributed by atoms with van der Waals surface area (Å²) in [6, 6.07) is 1.77. The summed E-state index contributed by atoms with van der Waals surface area (Å²) < 4.78 is 5.28. The molecule has 1 aliphatic heterocycles. The van der Waals surface area contributed by atoms with Gasteiger partial charge in [0, 0.05) is 26.0 Å². The number of carbonyl (C=O) groups excluding carboxylic acids is 1. The van der Waals surface area contributed by atoms with Crippen molar-refractivity contribution in [2.75, 3.05) is 11.9 Å². The Kier molecular flexibility index (Phi) is 1.24. The molecule has 0 aromatic carbocycles. The van der Waals surface area contributed by atoms with Gasteiger partial charge in [0.2, 0.25) is 0 Å². The SMILES string of the molecule is CC(=O)c1cc2c(o1)CCN2. The monoisotopic (exact) mass is 151 g/mol. The first-order valence-electron chi connectivity index (χ1n) is 3.65. The minimum absolute atomic E-state index is 0.0128. The Bertz CT molecular complexity index is 280. The maximum Gasteiger partial charge on any atom is 0.195 e. The molecule has 0 spiro atoms. The maximum absolute atomic E-state index is 10.8. The van der Waals surface area contributed by atoms with E-state index < -0.39 is 0 Å². The third-order valence-electron chi connectivity index (χ3n) is 1.82. The van der Waals surface area contributed by atoms with Crippen LogP contribution in [0.4, 0.5) is 5.69 Å². The third kappa shape index (κ3) is 0.926. The summed E-state index contributed by atoms with van der Waals surface area (Å²) in [7, 11) is 0. The van der Waals surface area contributed by atoms with E-state index in [1.54, 1.807) is 6.07 Å². The van der Waals surface area contributed by atoms with Crippen molar-refractivity contribution in [1.29, 1.82) is 0 Å². The molecule has 0 bridgehead atoms. The second-order valence-corrected chi connectivity index (χ2v) is 2.68. The Hall–Kier alpha value is -1.25. The molecular weight excluding hydrogens is 142 g/mol. The quantitative estimate of drug-likeness (QED) is 0.617. The zero-order chi connectivity index (χ0) is 7.84. The molecule has 3 heteroatoms. The van der Waals surface area contributed by atoms with E-state index in [0.717, 1.165) is 24.4 Å². The fraction of sp³-hybridized carbons (Fsp3) is 0.375. The summed E-state index contributed by atoms with van der Waals surface area (Å²) in [6.07, 6.45) is 0.891. The average molecular weight is 151 g/mol. The number of Topliss-reactive ketones (excluding diaryl/α,β-unsaturated/α-hetero) is 1. The van der Waals surface area contributed by atoms with Crippen LogP contribution in [0.3, 0.4) is 0 Å². The summed E-state index contributed by atoms with van der Waals surface area (Å²) in [5.41, 5.74) is 0.982. The van der Waals surface area contributed by atoms with Crippen LogP contribution >= 0.6 is 0 Å². The summed E-state index contributed by atoms with van der Waals surface area (Å²) in [6.45, 7) is 2.43. The molecule has 0 unspecified atom stereocenters. The first-order chi connectivity index (χ1) is 5.27. The highest BCUT2D eigenvalue weighted by Crippen LogP contribution is 2.25. The highest BCUT2D eigenvalue weighted by atomic mass is 16.3. The first kappa shape index (κ1) is 6.46. The minimum atomic E-state index is -0.0128. The molecule has 58 valence electrons. The zero-order valence-corrected chi connectivity index (χ0v) is 6.31. The highest BCUT2D eigenvalue weighted by Gasteiger charge is 2.17. The van der Waals surface area contributed by atoms with Gasteiger partial charge in [-0.05, 0) is 0 Å². The molecule has 11 heavy (non-hydrogen) atoms. The van der Waals surface area contributed by atoms with Gasteiger partial charge in [-0.25, -0.2) is 0 Å². The molecule has 1 aromatic rings. The molecule has 0 atom stereocenters. The smallest absolute Gasteiger partial charge is 0.195 e. The van der Waals surface area contributed by atoms with Gasteiger partial charge < -0.3 is 9.73 Å². The Morgan fingerprint density at radius 2 is 2.55 bits per heavy atom. The van der Waals surface area contributed by atoms with E-state index in [1.165, 1.54) is 6.92 Å². The van der Waals surface area contributed by atoms with Crippen LogP contribution in [0, 0.1) is 0 Å². The van der Waals surface area contributed by atoms with Crippen LogP contribution < -0.4 is 5.32 Å². The Morgan fingerprint density at radius 1 is 1.73 bits per heavy atom. The Balaban J connectivity index is 2.42. The Labute approximate surface area is 64.4 Å². The maximum atomic E-state index is 10.8. The molecule has 0 amide bonds. The lowest BCUT2D eigenvalue weighted by Gasteiger charge is -1.88. The lowest BCUT2D eigenvalue weighted by Crippen LogP contribution is -1.94. The first-order valence-corrected chi connectivity index (χ1v) is 3.65. The number of anilines is 1. The predicted octanol–water partition coefficient (Wildman–Crippen LogP) is 1.45. The lowest BCUT2D eigenvalue weighted by atomic mass is 10.3. The topological polar surface area (TPSA) is 42.2 Å². The lowest BCUT2D eigenvalue weighted by molar-refractivity contribution is 0.0985. The number of fused-ring (bicyclic) bond motifs is 1. The van der Waals surface area contributed by atoms with Crippen molar-refractivity contribution in [2.45, 2.75) is 13.3 Å². The van der Waals surface area contributed by atoms with E-state index in [2.05, 4.69) is 5.32 Å². The van der Waals surface area contributed by atoms with Gasteiger partial charge in [0.15, 0.2) is 11.5 Å². The summed E-state index contributed by atoms with van der Waals surface area (Å²) in [5.74, 6) is 1.36. The largest absolute Gasteiger partial charge is 0.456 e. The van der Waals surface area contributed by atoms with Crippen LogP contribution in [0.25, 0.3) is 0 Å². The molecule has 1 N–H and O–H groups in total. The minimum Gasteiger partial charge on any atom is -0.456 e. The molecule has 0 aliphatic carbocycles. The van der Waals surface area contributed by atoms with Crippen LogP contribution in [0.1, 0.15) is 23.2 Å². The number of hydrogen-bond acceptors (Lipinski definition) is 3. The number of carbonyl (C=O) groups is 1. The zero-order valence-electron chi connectivity index (χ0n) is 6.31. The van der Waals surface area contributed by atoms with Gasteiger partial charge in [-0.15, -0.1) is 0 Å². The van der Waals surface area contributed by atoms with Gasteiger partial charge in [-0.2, -0.15) is 0 Å². The van der Waals surface area contributed by atoms with E-state index in [-0.39, 0.29) is 5.78 Å². The van der Waals surface area contributed by atoms with Crippen molar-refractivity contribution in [1.82, 2.24) is 0 Å². The number of hydrogen-bond donors (Lipinski definition) is 1. The van der Waals surface area contributed by atoms with Crippen LogP contribution in [0.15, 0.2) is 10.5 Å². The van der Waals surface area contributed by atoms with E-state index >= 15 is 0 Å². The van der Waals surface area contributed by atoms with Gasteiger partial charge in [0.1, 0.15) is 5.76 Å². The van der Waals surface area contributed by atoms with Crippen molar-refractivity contribution >= 4 is 11.5 Å². The number of ketones is 1. The van der Waals surface area contributed by atoms with Gasteiger partial charge in [-0.3, -0.25) is 4.79 Å². The van der Waals surface area contributed by atoms with Gasteiger partial charge in [0.25, 0.3) is 0 Å². The molecule has 2 rings (SSSR count). The number of furan rings is 1. The molecule has 0 saturated carbocycles. The Morgan fingerprint density at radius 3 is 3.18 bits per heavy atom. The molecule has 1 aromatic heterocycles. The third-order valence-corrected chi connectivity index (χ3v) is 1.82. The molecular formula is C8H9NO2. The van der Waals surface area contributed by atoms with E-state index in [9.17, 15) is 4.79 Å². The van der Waals surface area contributed by atoms with Crippen molar-refractivity contribution < 1.29 is 9.21 Å². The van der Waals surface area contributed by atoms with Gasteiger partial charge in [0.05, 0.1) is 5.69 Å². The summed E-state index contributed by atoms with van der Waals surface area (Å²) in [4.78, 5) is 10.8. The van der Waals surface area contributed by atoms with Crippen molar-refractivity contribution in [2.24, 2.45) is 0 Å². The summed E-state index contributed by atoms with van der Waals surface area (Å²) in [5, 5.41) is 3.13. The van der Waals surface area contributed by atoms with Crippen LogP contribution in [-0.2, 0) is 6.42 Å². The summed E-state index contributed by atoms with van der Waals surface area (Å²) >= 11 is 0. The van der Waals surface area contributed by atoms with Crippen molar-refractivity contribution in [3.05, 3.63) is 17.6 Å². The molecule has 1 aliphatic rings. The molecule has 0 radical (unpaired) electrons.